The summed E-state index contributed by atoms with van der Waals surface area (Å²) >= 11 is 0. The molecule has 2 rings (SSSR count). The van der Waals surface area contributed by atoms with Gasteiger partial charge in [-0.05, 0) is 43.7 Å². The van der Waals surface area contributed by atoms with Gasteiger partial charge < -0.3 is 5.32 Å². The van der Waals surface area contributed by atoms with E-state index in [2.05, 4.69) is 31.1 Å². The summed E-state index contributed by atoms with van der Waals surface area (Å²) in [5.74, 6) is 0. The third kappa shape index (κ3) is 1.74. The Morgan fingerprint density at radius 2 is 2.21 bits per heavy atom. The summed E-state index contributed by atoms with van der Waals surface area (Å²) in [7, 11) is 0. The van der Waals surface area contributed by atoms with Crippen molar-refractivity contribution in [1.82, 2.24) is 4.98 Å². The van der Waals surface area contributed by atoms with Gasteiger partial charge in [-0.25, -0.2) is 0 Å². The largest absolute Gasteiger partial charge is 0.381 e. The summed E-state index contributed by atoms with van der Waals surface area (Å²) < 4.78 is 0. The molecule has 1 aromatic rings. The van der Waals surface area contributed by atoms with Crippen molar-refractivity contribution in [1.29, 1.82) is 0 Å². The molecule has 14 heavy (non-hydrogen) atoms. The molecule has 0 aliphatic heterocycles. The van der Waals surface area contributed by atoms with Crippen molar-refractivity contribution in [2.24, 2.45) is 5.41 Å². The molecular weight excluding hydrogens is 172 g/mol. The van der Waals surface area contributed by atoms with Crippen molar-refractivity contribution in [3.63, 3.8) is 0 Å². The Morgan fingerprint density at radius 1 is 1.50 bits per heavy atom. The topological polar surface area (TPSA) is 24.9 Å². The van der Waals surface area contributed by atoms with Crippen LogP contribution in [0.25, 0.3) is 0 Å². The fourth-order valence-corrected chi connectivity index (χ4v) is 1.65. The van der Waals surface area contributed by atoms with Gasteiger partial charge >= 0.3 is 0 Å². The molecular formula is C12H18N2. The quantitative estimate of drug-likeness (QED) is 0.792. The molecule has 1 fully saturated rings. The maximum atomic E-state index is 4.14. The molecule has 1 aromatic heterocycles. The lowest BCUT2D eigenvalue weighted by molar-refractivity contribution is 0.493. The molecule has 2 heteroatoms. The summed E-state index contributed by atoms with van der Waals surface area (Å²) in [6.07, 6.45) is 6.45. The van der Waals surface area contributed by atoms with Gasteiger partial charge in [0.05, 0.1) is 11.9 Å². The van der Waals surface area contributed by atoms with Gasteiger partial charge in [0.2, 0.25) is 0 Å². The zero-order chi connectivity index (χ0) is 10.2. The molecule has 0 bridgehead atoms. The number of aromatic nitrogens is 1. The lowest BCUT2D eigenvalue weighted by atomic mass is 10.0. The van der Waals surface area contributed by atoms with E-state index in [4.69, 9.17) is 0 Å². The smallest absolute Gasteiger partial charge is 0.0558 e. The van der Waals surface area contributed by atoms with Crippen LogP contribution >= 0.6 is 0 Å². The highest BCUT2D eigenvalue weighted by atomic mass is 15.0. The van der Waals surface area contributed by atoms with Gasteiger partial charge in [0.25, 0.3) is 0 Å². The lowest BCUT2D eigenvalue weighted by Gasteiger charge is -2.22. The van der Waals surface area contributed by atoms with Gasteiger partial charge in [-0.1, -0.05) is 6.92 Å². The number of pyridine rings is 1. The van der Waals surface area contributed by atoms with E-state index in [0.717, 1.165) is 0 Å². The molecule has 1 aliphatic carbocycles. The minimum Gasteiger partial charge on any atom is -0.381 e. The fourth-order valence-electron chi connectivity index (χ4n) is 1.65. The number of nitrogens with one attached hydrogen (secondary N) is 1. The highest BCUT2D eigenvalue weighted by Crippen LogP contribution is 2.48. The molecule has 1 N–H and O–H groups in total. The Balaban J connectivity index is 2.07. The predicted octanol–water partition coefficient (Wildman–Crippen LogP) is 2.99. The van der Waals surface area contributed by atoms with Gasteiger partial charge in [-0.3, -0.25) is 4.98 Å². The molecule has 1 aliphatic rings. The second-order valence-electron chi connectivity index (χ2n) is 4.71. The van der Waals surface area contributed by atoms with Crippen molar-refractivity contribution in [3.05, 3.63) is 24.0 Å². The first kappa shape index (κ1) is 9.50. The average molecular weight is 190 g/mol. The molecule has 2 nitrogen and oxygen atoms in total. The molecule has 1 unspecified atom stereocenters. The van der Waals surface area contributed by atoms with Crippen molar-refractivity contribution in [2.75, 3.05) is 5.32 Å². The van der Waals surface area contributed by atoms with E-state index in [1.165, 1.54) is 24.1 Å². The van der Waals surface area contributed by atoms with Gasteiger partial charge in [0, 0.05) is 12.2 Å². The zero-order valence-corrected chi connectivity index (χ0v) is 9.17. The highest BCUT2D eigenvalue weighted by molar-refractivity contribution is 5.49. The van der Waals surface area contributed by atoms with Crippen molar-refractivity contribution in [2.45, 2.75) is 39.7 Å². The van der Waals surface area contributed by atoms with Crippen LogP contribution in [0.15, 0.2) is 18.5 Å². The third-order valence-electron chi connectivity index (χ3n) is 3.50. The Morgan fingerprint density at radius 3 is 2.79 bits per heavy atom. The van der Waals surface area contributed by atoms with E-state index in [0.29, 0.717) is 11.5 Å². The van der Waals surface area contributed by atoms with Crippen LogP contribution in [0.1, 0.15) is 32.3 Å². The number of anilines is 1. The Hall–Kier alpha value is -1.05. The van der Waals surface area contributed by atoms with Crippen LogP contribution < -0.4 is 5.32 Å². The van der Waals surface area contributed by atoms with Gasteiger partial charge in [0.1, 0.15) is 0 Å². The minimum absolute atomic E-state index is 0.516. The van der Waals surface area contributed by atoms with E-state index >= 15 is 0 Å². The van der Waals surface area contributed by atoms with Crippen LogP contribution in [0, 0.1) is 12.3 Å². The maximum Gasteiger partial charge on any atom is 0.0558 e. The summed E-state index contributed by atoms with van der Waals surface area (Å²) in [4.78, 5) is 4.14. The van der Waals surface area contributed by atoms with E-state index in [1.54, 1.807) is 0 Å². The van der Waals surface area contributed by atoms with E-state index in [1.807, 2.05) is 18.5 Å². The summed E-state index contributed by atoms with van der Waals surface area (Å²) in [6, 6.07) is 2.59. The van der Waals surface area contributed by atoms with Gasteiger partial charge in [-0.15, -0.1) is 0 Å². The van der Waals surface area contributed by atoms with Crippen LogP contribution in [-0.2, 0) is 0 Å². The molecule has 1 heterocycles. The zero-order valence-electron chi connectivity index (χ0n) is 9.17. The molecule has 0 spiro atoms. The normalized spacial score (nSPS) is 20.2. The highest BCUT2D eigenvalue weighted by Gasteiger charge is 2.42. The van der Waals surface area contributed by atoms with Crippen LogP contribution in [0.4, 0.5) is 5.69 Å². The summed E-state index contributed by atoms with van der Waals surface area (Å²) in [5.41, 5.74) is 2.96. The fraction of sp³-hybridized carbons (Fsp3) is 0.583. The Bertz CT molecular complexity index is 329. The van der Waals surface area contributed by atoms with Crippen LogP contribution in [-0.4, -0.2) is 11.0 Å². The first-order chi connectivity index (χ1) is 6.62. The number of hydrogen-bond acceptors (Lipinski definition) is 2. The Labute approximate surface area is 85.7 Å². The molecule has 76 valence electrons. The Kier molecular flexibility index (Phi) is 2.22. The van der Waals surface area contributed by atoms with Crippen LogP contribution in [0.3, 0.4) is 0 Å². The van der Waals surface area contributed by atoms with Gasteiger partial charge in [-0.2, -0.15) is 0 Å². The van der Waals surface area contributed by atoms with E-state index in [-0.39, 0.29) is 0 Å². The number of nitrogens with zero attached hydrogens (tertiary/aromatic N) is 1. The average Bonchev–Trinajstić information content (AvgIpc) is 2.89. The first-order valence-electron chi connectivity index (χ1n) is 5.29. The maximum absolute atomic E-state index is 4.14. The minimum atomic E-state index is 0.516. The van der Waals surface area contributed by atoms with Crippen LogP contribution in [0.2, 0.25) is 0 Å². The van der Waals surface area contributed by atoms with E-state index < -0.39 is 0 Å². The van der Waals surface area contributed by atoms with Crippen molar-refractivity contribution >= 4 is 5.69 Å². The number of aryl methyl sites for hydroxylation is 1. The number of rotatable bonds is 3. The number of hydrogen-bond donors (Lipinski definition) is 1. The molecule has 0 radical (unpaired) electrons. The summed E-state index contributed by atoms with van der Waals surface area (Å²) in [5, 5.41) is 3.55. The SMILES string of the molecule is Cc1ccncc1NC(C)C1(C)CC1. The van der Waals surface area contributed by atoms with Gasteiger partial charge in [0.15, 0.2) is 0 Å². The molecule has 0 aromatic carbocycles. The molecule has 0 saturated heterocycles. The predicted molar refractivity (Wildman–Crippen MR) is 59.4 cm³/mol. The lowest BCUT2D eigenvalue weighted by Crippen LogP contribution is -2.25. The third-order valence-corrected chi connectivity index (χ3v) is 3.50. The second-order valence-corrected chi connectivity index (χ2v) is 4.71. The molecule has 0 amide bonds. The van der Waals surface area contributed by atoms with Crippen molar-refractivity contribution < 1.29 is 0 Å². The molecule has 1 atom stereocenters. The monoisotopic (exact) mass is 190 g/mol. The van der Waals surface area contributed by atoms with Crippen molar-refractivity contribution in [3.8, 4) is 0 Å². The second kappa shape index (κ2) is 3.26. The van der Waals surface area contributed by atoms with E-state index in [9.17, 15) is 0 Å². The molecule has 1 saturated carbocycles. The van der Waals surface area contributed by atoms with Crippen LogP contribution in [0.5, 0.6) is 0 Å². The first-order valence-corrected chi connectivity index (χ1v) is 5.29. The summed E-state index contributed by atoms with van der Waals surface area (Å²) in [6.45, 7) is 6.72. The standard InChI is InChI=1S/C12H18N2/c1-9-4-7-13-8-11(9)14-10(2)12(3)5-6-12/h4,7-8,10,14H,5-6H2,1-3H3.